The molecule has 0 saturated carbocycles. The van der Waals surface area contributed by atoms with Gasteiger partial charge < -0.3 is 0 Å². The van der Waals surface area contributed by atoms with Gasteiger partial charge in [0, 0.05) is 11.5 Å². The van der Waals surface area contributed by atoms with Crippen LogP contribution in [0.4, 0.5) is 0 Å². The van der Waals surface area contributed by atoms with E-state index in [-0.39, 0.29) is 0 Å². The van der Waals surface area contributed by atoms with E-state index in [0.717, 1.165) is 12.8 Å². The van der Waals surface area contributed by atoms with Gasteiger partial charge in [-0.1, -0.05) is 17.3 Å². The molecule has 0 saturated heterocycles. The van der Waals surface area contributed by atoms with Crippen molar-refractivity contribution < 1.29 is 0 Å². The first-order valence-electron chi connectivity index (χ1n) is 3.59. The molecule has 0 unspecified atom stereocenters. The van der Waals surface area contributed by atoms with Crippen molar-refractivity contribution >= 4 is 0 Å². The highest BCUT2D eigenvalue weighted by molar-refractivity contribution is 4.90. The molecule has 1 aliphatic rings. The Morgan fingerprint density at radius 2 is 2.50 bits per heavy atom. The molecule has 0 heterocycles. The lowest BCUT2D eigenvalue weighted by atomic mass is 9.95. The molecule has 0 amide bonds. The Morgan fingerprint density at radius 1 is 1.60 bits per heavy atom. The van der Waals surface area contributed by atoms with Crippen molar-refractivity contribution in [3.63, 3.8) is 0 Å². The van der Waals surface area contributed by atoms with Crippen LogP contribution in [0.25, 0.3) is 10.4 Å². The number of nitrogens with zero attached hydrogens (tertiary/aromatic N) is 3. The van der Waals surface area contributed by atoms with Crippen LogP contribution in [-0.4, -0.2) is 6.54 Å². The molecule has 54 valence electrons. The van der Waals surface area contributed by atoms with Gasteiger partial charge in [-0.3, -0.25) is 0 Å². The lowest BCUT2D eigenvalue weighted by Gasteiger charge is -2.13. The molecule has 1 atom stereocenters. The van der Waals surface area contributed by atoms with Gasteiger partial charge in [-0.2, -0.15) is 0 Å². The minimum Gasteiger partial charge on any atom is -0.0937 e. The zero-order valence-electron chi connectivity index (χ0n) is 5.90. The van der Waals surface area contributed by atoms with Crippen LogP contribution >= 0.6 is 0 Å². The predicted octanol–water partition coefficient (Wildman–Crippen LogP) is 2.65. The fourth-order valence-corrected chi connectivity index (χ4v) is 1.17. The van der Waals surface area contributed by atoms with Crippen LogP contribution in [0.3, 0.4) is 0 Å². The van der Waals surface area contributed by atoms with Gasteiger partial charge in [-0.15, -0.1) is 0 Å². The van der Waals surface area contributed by atoms with Crippen molar-refractivity contribution in [1.29, 1.82) is 0 Å². The van der Waals surface area contributed by atoms with E-state index in [0.29, 0.717) is 12.5 Å². The number of allylic oxidation sites excluding steroid dienone is 2. The summed E-state index contributed by atoms with van der Waals surface area (Å²) in [6, 6.07) is 0. The Hall–Kier alpha value is -0.950. The summed E-state index contributed by atoms with van der Waals surface area (Å²) < 4.78 is 0. The third-order valence-electron chi connectivity index (χ3n) is 1.78. The molecule has 0 aliphatic heterocycles. The van der Waals surface area contributed by atoms with E-state index in [1.54, 1.807) is 0 Å². The second-order valence-corrected chi connectivity index (χ2v) is 2.56. The molecule has 3 heteroatoms. The first kappa shape index (κ1) is 7.16. The third kappa shape index (κ3) is 2.11. The van der Waals surface area contributed by atoms with Gasteiger partial charge >= 0.3 is 0 Å². The lowest BCUT2D eigenvalue weighted by Crippen LogP contribution is -2.05. The predicted molar refractivity (Wildman–Crippen MR) is 40.5 cm³/mol. The van der Waals surface area contributed by atoms with Crippen molar-refractivity contribution in [3.05, 3.63) is 22.6 Å². The molecule has 0 radical (unpaired) electrons. The van der Waals surface area contributed by atoms with Gasteiger partial charge in [0.1, 0.15) is 0 Å². The highest BCUT2D eigenvalue weighted by Crippen LogP contribution is 2.17. The fraction of sp³-hybridized carbons (Fsp3) is 0.714. The summed E-state index contributed by atoms with van der Waals surface area (Å²) in [4.78, 5) is 2.73. The first-order valence-corrected chi connectivity index (χ1v) is 3.59. The van der Waals surface area contributed by atoms with E-state index >= 15 is 0 Å². The summed E-state index contributed by atoms with van der Waals surface area (Å²) in [7, 11) is 0. The Bertz CT molecular complexity index is 168. The molecular formula is C7H11N3. The largest absolute Gasteiger partial charge is 0.0937 e. The van der Waals surface area contributed by atoms with Crippen LogP contribution in [0.5, 0.6) is 0 Å². The maximum absolute atomic E-state index is 8.04. The van der Waals surface area contributed by atoms with E-state index in [1.165, 1.54) is 6.42 Å². The highest BCUT2D eigenvalue weighted by Gasteiger charge is 2.07. The Balaban J connectivity index is 2.28. The quantitative estimate of drug-likeness (QED) is 0.243. The zero-order chi connectivity index (χ0) is 7.23. The van der Waals surface area contributed by atoms with Gasteiger partial charge in [0.2, 0.25) is 0 Å². The van der Waals surface area contributed by atoms with E-state index in [2.05, 4.69) is 22.2 Å². The van der Waals surface area contributed by atoms with Crippen molar-refractivity contribution in [2.75, 3.05) is 6.54 Å². The molecule has 0 bridgehead atoms. The normalized spacial score (nSPS) is 23.8. The average Bonchev–Trinajstić information content (AvgIpc) is 2.03. The van der Waals surface area contributed by atoms with E-state index in [4.69, 9.17) is 5.53 Å². The smallest absolute Gasteiger partial charge is 0.0289 e. The molecule has 1 rings (SSSR count). The van der Waals surface area contributed by atoms with E-state index < -0.39 is 0 Å². The number of rotatable bonds is 2. The molecule has 0 aromatic heterocycles. The number of azide groups is 1. The van der Waals surface area contributed by atoms with Gasteiger partial charge in [-0.05, 0) is 30.7 Å². The van der Waals surface area contributed by atoms with Crippen LogP contribution in [-0.2, 0) is 0 Å². The second-order valence-electron chi connectivity index (χ2n) is 2.56. The van der Waals surface area contributed by atoms with Crippen LogP contribution in [0.1, 0.15) is 19.3 Å². The Morgan fingerprint density at radius 3 is 3.10 bits per heavy atom. The molecular weight excluding hydrogens is 126 g/mol. The summed E-state index contributed by atoms with van der Waals surface area (Å²) in [6.07, 6.45) is 7.76. The van der Waals surface area contributed by atoms with Crippen LogP contribution < -0.4 is 0 Å². The third-order valence-corrected chi connectivity index (χ3v) is 1.78. The van der Waals surface area contributed by atoms with Crippen LogP contribution in [0.2, 0.25) is 0 Å². The zero-order valence-corrected chi connectivity index (χ0v) is 5.90. The summed E-state index contributed by atoms with van der Waals surface area (Å²) >= 11 is 0. The Kier molecular flexibility index (Phi) is 2.84. The van der Waals surface area contributed by atoms with Crippen molar-refractivity contribution in [1.82, 2.24) is 0 Å². The topological polar surface area (TPSA) is 48.8 Å². The monoisotopic (exact) mass is 137 g/mol. The maximum atomic E-state index is 8.04. The van der Waals surface area contributed by atoms with Crippen molar-refractivity contribution in [3.8, 4) is 0 Å². The van der Waals surface area contributed by atoms with Crippen LogP contribution in [0.15, 0.2) is 17.3 Å². The first-order chi connectivity index (χ1) is 4.93. The van der Waals surface area contributed by atoms with Gasteiger partial charge in [0.05, 0.1) is 0 Å². The van der Waals surface area contributed by atoms with E-state index in [9.17, 15) is 0 Å². The molecule has 0 N–H and O–H groups in total. The van der Waals surface area contributed by atoms with Crippen molar-refractivity contribution in [2.45, 2.75) is 19.3 Å². The molecule has 0 spiro atoms. The standard InChI is InChI=1S/C7H11N3/c8-10-9-6-7-4-2-1-3-5-7/h1-2,7H,3-6H2/t7-/m0/s1. The van der Waals surface area contributed by atoms with Gasteiger partial charge in [0.25, 0.3) is 0 Å². The second kappa shape index (κ2) is 3.96. The fourth-order valence-electron chi connectivity index (χ4n) is 1.17. The average molecular weight is 137 g/mol. The summed E-state index contributed by atoms with van der Waals surface area (Å²) in [5.41, 5.74) is 8.04. The Labute approximate surface area is 60.4 Å². The number of hydrogen-bond acceptors (Lipinski definition) is 1. The molecule has 0 aromatic rings. The van der Waals surface area contributed by atoms with Gasteiger partial charge in [0.15, 0.2) is 0 Å². The maximum Gasteiger partial charge on any atom is 0.0289 e. The highest BCUT2D eigenvalue weighted by atomic mass is 15.1. The lowest BCUT2D eigenvalue weighted by molar-refractivity contribution is 0.490. The minimum atomic E-state index is 0.598. The van der Waals surface area contributed by atoms with Crippen LogP contribution in [0, 0.1) is 5.92 Å². The van der Waals surface area contributed by atoms with Crippen molar-refractivity contribution in [2.24, 2.45) is 11.0 Å². The van der Waals surface area contributed by atoms with E-state index in [1.807, 2.05) is 0 Å². The van der Waals surface area contributed by atoms with Gasteiger partial charge in [-0.25, -0.2) is 0 Å². The molecule has 3 nitrogen and oxygen atoms in total. The molecule has 0 fully saturated rings. The molecule has 0 aromatic carbocycles. The minimum absolute atomic E-state index is 0.598. The summed E-state index contributed by atoms with van der Waals surface area (Å²) in [6.45, 7) is 0.668. The summed E-state index contributed by atoms with van der Waals surface area (Å²) in [5.74, 6) is 0.598. The SMILES string of the molecule is [N-]=[N+]=NC[C@H]1CC=CCC1. The molecule has 10 heavy (non-hydrogen) atoms. The molecule has 1 aliphatic carbocycles. The summed E-state index contributed by atoms with van der Waals surface area (Å²) in [5, 5.41) is 3.54. The number of hydrogen-bond donors (Lipinski definition) is 0.